The summed E-state index contributed by atoms with van der Waals surface area (Å²) in [6.07, 6.45) is 4.23. The molecular formula is C9H15NO4. The number of esters is 1. The first-order valence-corrected chi connectivity index (χ1v) is 4.45. The average molecular weight is 201 g/mol. The number of carboxylic acids is 1. The summed E-state index contributed by atoms with van der Waals surface area (Å²) in [6.45, 7) is 2.19. The molecule has 0 rings (SSSR count). The van der Waals surface area contributed by atoms with Crippen LogP contribution in [0.1, 0.15) is 19.8 Å². The van der Waals surface area contributed by atoms with Crippen molar-refractivity contribution in [2.45, 2.75) is 19.8 Å². The molecule has 0 aromatic rings. The van der Waals surface area contributed by atoms with E-state index in [0.717, 1.165) is 12.8 Å². The molecule has 0 saturated heterocycles. The maximum absolute atomic E-state index is 10.9. The van der Waals surface area contributed by atoms with Crippen molar-refractivity contribution >= 4 is 11.9 Å². The lowest BCUT2D eigenvalue weighted by atomic mass is 10.4. The highest BCUT2D eigenvalue weighted by molar-refractivity contribution is 5.81. The monoisotopic (exact) mass is 201 g/mol. The van der Waals surface area contributed by atoms with E-state index in [1.807, 2.05) is 6.92 Å². The SMILES string of the molecule is CCCCOC(=O)C=CNCC(=O)O. The van der Waals surface area contributed by atoms with Gasteiger partial charge in [0.1, 0.15) is 6.54 Å². The Labute approximate surface area is 82.7 Å². The van der Waals surface area contributed by atoms with Gasteiger partial charge in [0.25, 0.3) is 0 Å². The van der Waals surface area contributed by atoms with Crippen molar-refractivity contribution in [2.75, 3.05) is 13.2 Å². The molecule has 0 aromatic heterocycles. The summed E-state index contributed by atoms with van der Waals surface area (Å²) in [5.74, 6) is -1.44. The van der Waals surface area contributed by atoms with E-state index < -0.39 is 11.9 Å². The molecule has 0 bridgehead atoms. The number of carbonyl (C=O) groups is 2. The van der Waals surface area contributed by atoms with E-state index in [-0.39, 0.29) is 6.54 Å². The van der Waals surface area contributed by atoms with E-state index >= 15 is 0 Å². The van der Waals surface area contributed by atoms with Crippen molar-refractivity contribution in [3.8, 4) is 0 Å². The number of unbranched alkanes of at least 4 members (excludes halogenated alkanes) is 1. The number of hydrogen-bond acceptors (Lipinski definition) is 4. The summed E-state index contributed by atoms with van der Waals surface area (Å²) in [7, 11) is 0. The smallest absolute Gasteiger partial charge is 0.332 e. The molecule has 0 aromatic carbocycles. The molecule has 0 spiro atoms. The number of rotatable bonds is 7. The zero-order valence-corrected chi connectivity index (χ0v) is 8.16. The van der Waals surface area contributed by atoms with Crippen molar-refractivity contribution in [3.05, 3.63) is 12.3 Å². The number of aliphatic carboxylic acids is 1. The van der Waals surface area contributed by atoms with Gasteiger partial charge < -0.3 is 15.2 Å². The molecule has 80 valence electrons. The summed E-state index contributed by atoms with van der Waals surface area (Å²) in [6, 6.07) is 0. The van der Waals surface area contributed by atoms with Gasteiger partial charge in [-0.2, -0.15) is 0 Å². The first-order valence-electron chi connectivity index (χ1n) is 4.45. The molecule has 5 nitrogen and oxygen atoms in total. The van der Waals surface area contributed by atoms with E-state index in [1.165, 1.54) is 12.3 Å². The standard InChI is InChI=1S/C9H15NO4/c1-2-3-6-14-9(13)4-5-10-7-8(11)12/h4-5,10H,2-3,6-7H2,1H3,(H,11,12). The molecule has 0 saturated carbocycles. The third-order valence-electron chi connectivity index (χ3n) is 1.33. The zero-order valence-electron chi connectivity index (χ0n) is 8.16. The average Bonchev–Trinajstić information content (AvgIpc) is 2.13. The van der Waals surface area contributed by atoms with Crippen molar-refractivity contribution in [3.63, 3.8) is 0 Å². The van der Waals surface area contributed by atoms with Crippen molar-refractivity contribution in [1.82, 2.24) is 5.32 Å². The maximum Gasteiger partial charge on any atom is 0.332 e. The minimum absolute atomic E-state index is 0.210. The van der Waals surface area contributed by atoms with Gasteiger partial charge in [0.15, 0.2) is 0 Å². The topological polar surface area (TPSA) is 75.6 Å². The molecular weight excluding hydrogens is 186 g/mol. The van der Waals surface area contributed by atoms with Gasteiger partial charge in [-0.05, 0) is 6.42 Å². The Kier molecular flexibility index (Phi) is 7.22. The molecule has 0 aliphatic rings. The molecule has 14 heavy (non-hydrogen) atoms. The second kappa shape index (κ2) is 8.10. The van der Waals surface area contributed by atoms with Crippen LogP contribution in [0.3, 0.4) is 0 Å². The fourth-order valence-electron chi connectivity index (χ4n) is 0.638. The van der Waals surface area contributed by atoms with E-state index in [9.17, 15) is 9.59 Å². The van der Waals surface area contributed by atoms with E-state index in [0.29, 0.717) is 6.61 Å². The Hall–Kier alpha value is -1.52. The number of ether oxygens (including phenoxy) is 1. The van der Waals surface area contributed by atoms with Crippen LogP contribution < -0.4 is 5.32 Å². The van der Waals surface area contributed by atoms with Crippen LogP contribution in [0.15, 0.2) is 12.3 Å². The molecule has 0 fully saturated rings. The molecule has 0 amide bonds. The van der Waals surface area contributed by atoms with Crippen LogP contribution in [0.4, 0.5) is 0 Å². The van der Waals surface area contributed by atoms with Gasteiger partial charge in [-0.25, -0.2) is 4.79 Å². The lowest BCUT2D eigenvalue weighted by Gasteiger charge is -1.99. The van der Waals surface area contributed by atoms with Crippen molar-refractivity contribution in [1.29, 1.82) is 0 Å². The first kappa shape index (κ1) is 12.5. The summed E-state index contributed by atoms with van der Waals surface area (Å²) in [4.78, 5) is 20.9. The number of carbonyl (C=O) groups excluding carboxylic acids is 1. The van der Waals surface area contributed by atoms with Gasteiger partial charge in [0.05, 0.1) is 6.61 Å². The van der Waals surface area contributed by atoms with Crippen LogP contribution in [0.2, 0.25) is 0 Å². The van der Waals surface area contributed by atoms with E-state index in [1.54, 1.807) is 0 Å². The number of nitrogens with one attached hydrogen (secondary N) is 1. The predicted octanol–water partition coefficient (Wildman–Crippen LogP) is 0.518. The molecule has 0 unspecified atom stereocenters. The van der Waals surface area contributed by atoms with Crippen LogP contribution in [-0.4, -0.2) is 30.2 Å². The van der Waals surface area contributed by atoms with Crippen LogP contribution >= 0.6 is 0 Å². The summed E-state index contributed by atoms with van der Waals surface area (Å²) < 4.78 is 4.78. The number of carboxylic acid groups (broad SMARTS) is 1. The third-order valence-corrected chi connectivity index (χ3v) is 1.33. The van der Waals surface area contributed by atoms with Crippen LogP contribution in [0.5, 0.6) is 0 Å². The molecule has 0 atom stereocenters. The minimum atomic E-state index is -0.978. The highest BCUT2D eigenvalue weighted by Gasteiger charge is 1.95. The fourth-order valence-corrected chi connectivity index (χ4v) is 0.638. The quantitative estimate of drug-likeness (QED) is 0.357. The van der Waals surface area contributed by atoms with Crippen molar-refractivity contribution in [2.24, 2.45) is 0 Å². The number of hydrogen-bond donors (Lipinski definition) is 2. The summed E-state index contributed by atoms with van der Waals surface area (Å²) in [5, 5.41) is 10.7. The van der Waals surface area contributed by atoms with Gasteiger partial charge in [-0.1, -0.05) is 13.3 Å². The summed E-state index contributed by atoms with van der Waals surface area (Å²) >= 11 is 0. The van der Waals surface area contributed by atoms with Gasteiger partial charge in [0.2, 0.25) is 0 Å². The highest BCUT2D eigenvalue weighted by Crippen LogP contribution is 1.88. The molecule has 5 heteroatoms. The molecule has 0 radical (unpaired) electrons. The Bertz CT molecular complexity index is 213. The molecule has 0 aliphatic carbocycles. The second-order valence-corrected chi connectivity index (χ2v) is 2.63. The lowest BCUT2D eigenvalue weighted by Crippen LogP contribution is -2.17. The fraction of sp³-hybridized carbons (Fsp3) is 0.556. The normalized spacial score (nSPS) is 10.1. The van der Waals surface area contributed by atoms with Crippen LogP contribution in [0, 0.1) is 0 Å². The Morgan fingerprint density at radius 1 is 1.50 bits per heavy atom. The molecule has 0 aliphatic heterocycles. The Morgan fingerprint density at radius 3 is 2.79 bits per heavy atom. The molecule has 2 N–H and O–H groups in total. The highest BCUT2D eigenvalue weighted by atomic mass is 16.5. The largest absolute Gasteiger partial charge is 0.480 e. The minimum Gasteiger partial charge on any atom is -0.480 e. The zero-order chi connectivity index (χ0) is 10.8. The lowest BCUT2D eigenvalue weighted by molar-refractivity contribution is -0.138. The Balaban J connectivity index is 3.45. The third kappa shape index (κ3) is 8.58. The van der Waals surface area contributed by atoms with Gasteiger partial charge in [-0.15, -0.1) is 0 Å². The van der Waals surface area contributed by atoms with Gasteiger partial charge in [0, 0.05) is 12.3 Å². The first-order chi connectivity index (χ1) is 6.66. The van der Waals surface area contributed by atoms with E-state index in [4.69, 9.17) is 9.84 Å². The van der Waals surface area contributed by atoms with Gasteiger partial charge >= 0.3 is 11.9 Å². The second-order valence-electron chi connectivity index (χ2n) is 2.63. The Morgan fingerprint density at radius 2 is 2.21 bits per heavy atom. The predicted molar refractivity (Wildman–Crippen MR) is 50.6 cm³/mol. The van der Waals surface area contributed by atoms with Crippen molar-refractivity contribution < 1.29 is 19.4 Å². The van der Waals surface area contributed by atoms with Crippen LogP contribution in [-0.2, 0) is 14.3 Å². The van der Waals surface area contributed by atoms with E-state index in [2.05, 4.69) is 5.32 Å². The van der Waals surface area contributed by atoms with Crippen LogP contribution in [0.25, 0.3) is 0 Å². The van der Waals surface area contributed by atoms with Gasteiger partial charge in [-0.3, -0.25) is 4.79 Å². The summed E-state index contributed by atoms with van der Waals surface area (Å²) in [5.41, 5.74) is 0. The maximum atomic E-state index is 10.9. The molecule has 0 heterocycles.